The monoisotopic (exact) mass is 650 g/mol. The van der Waals surface area contributed by atoms with E-state index in [4.69, 9.17) is 9.47 Å². The van der Waals surface area contributed by atoms with Crippen LogP contribution < -0.4 is 15.4 Å². The summed E-state index contributed by atoms with van der Waals surface area (Å²) in [6.07, 6.45) is 3.67. The molecule has 4 aromatic rings. The molecule has 1 atom stereocenters. The number of ether oxygens (including phenoxy) is 2. The zero-order chi connectivity index (χ0) is 34.0. The molecule has 12 nitrogen and oxygen atoms in total. The Morgan fingerprint density at radius 1 is 0.792 bits per heavy atom. The molecule has 0 aliphatic carbocycles. The quantitative estimate of drug-likeness (QED) is 0.0806. The zero-order valence-corrected chi connectivity index (χ0v) is 25.3. The van der Waals surface area contributed by atoms with Crippen LogP contribution in [0.3, 0.4) is 0 Å². The topological polar surface area (TPSA) is 192 Å². The zero-order valence-electron chi connectivity index (χ0n) is 25.3. The molecule has 244 valence electrons. The number of esters is 1. The summed E-state index contributed by atoms with van der Waals surface area (Å²) in [6, 6.07) is 18.5. The van der Waals surface area contributed by atoms with Gasteiger partial charge in [-0.3, -0.25) is 9.59 Å². The van der Waals surface area contributed by atoms with Crippen LogP contribution >= 0.6 is 0 Å². The Kier molecular flexibility index (Phi) is 8.47. The summed E-state index contributed by atoms with van der Waals surface area (Å²) in [5, 5.41) is 44.3. The van der Waals surface area contributed by atoms with E-state index in [0.29, 0.717) is 35.1 Å². The molecular formula is C36H30N2O10. The first kappa shape index (κ1) is 31.7. The number of aliphatic carboxylic acids is 1. The summed E-state index contributed by atoms with van der Waals surface area (Å²) in [6.45, 7) is 0.219. The molecule has 0 fully saturated rings. The largest absolute Gasteiger partial charge is 0.508 e. The van der Waals surface area contributed by atoms with E-state index >= 15 is 0 Å². The third-order valence-electron chi connectivity index (χ3n) is 8.18. The maximum absolute atomic E-state index is 13.3. The van der Waals surface area contributed by atoms with Gasteiger partial charge in [0.25, 0.3) is 5.91 Å². The van der Waals surface area contributed by atoms with E-state index < -0.39 is 35.4 Å². The number of unbranched alkanes of at least 4 members (excludes halogenated alkanes) is 1. The summed E-state index contributed by atoms with van der Waals surface area (Å²) in [7, 11) is 0. The van der Waals surface area contributed by atoms with Gasteiger partial charge in [0.2, 0.25) is 5.91 Å². The lowest BCUT2D eigenvalue weighted by Gasteiger charge is -2.36. The van der Waals surface area contributed by atoms with Crippen molar-refractivity contribution in [3.8, 4) is 28.7 Å². The summed E-state index contributed by atoms with van der Waals surface area (Å²) < 4.78 is 12.0. The summed E-state index contributed by atoms with van der Waals surface area (Å²) in [5.41, 5.74) is 0.991. The van der Waals surface area contributed by atoms with Crippen LogP contribution in [0.15, 0.2) is 84.9 Å². The van der Waals surface area contributed by atoms with E-state index in [0.717, 1.165) is 0 Å². The number of fused-ring (bicyclic) bond motifs is 6. The van der Waals surface area contributed by atoms with Crippen LogP contribution in [0.5, 0.6) is 28.7 Å². The van der Waals surface area contributed by atoms with E-state index in [-0.39, 0.29) is 52.8 Å². The fraction of sp³-hybridized carbons (Fsp3) is 0.167. The normalized spacial score (nSPS) is 14.3. The molecule has 12 heteroatoms. The molecule has 2 amide bonds. The second kappa shape index (κ2) is 12.8. The molecule has 1 spiro atoms. The SMILES string of the molecule is O=C(/C=C/c1ccc(O)cc1)NC(CCCCNC(=O)c1ccc2c(c1)C(=O)OC21c2ccc(O)cc2Oc2cc(O)ccc21)C(=O)O. The first-order chi connectivity index (χ1) is 23.0. The van der Waals surface area contributed by atoms with Crippen molar-refractivity contribution in [2.45, 2.75) is 30.9 Å². The summed E-state index contributed by atoms with van der Waals surface area (Å²) in [4.78, 5) is 50.3. The fourth-order valence-electron chi connectivity index (χ4n) is 5.86. The first-order valence-corrected chi connectivity index (χ1v) is 15.1. The standard InChI is InChI=1S/C36H30N2O10/c39-22-8-4-20(5-9-22)6-15-32(42)38-29(34(44)45)3-1-2-16-37-33(43)21-7-12-26-25(17-21)35(46)48-36(26)27-13-10-23(40)18-30(27)47-31-19-24(41)11-14-28(31)36/h4-15,17-19,29,39-41H,1-3,16H2,(H,37,43)(H,38,42)(H,44,45)/b15-6+. The Labute approximate surface area is 273 Å². The Morgan fingerprint density at radius 2 is 1.42 bits per heavy atom. The van der Waals surface area contributed by atoms with Gasteiger partial charge in [0.05, 0.1) is 5.56 Å². The van der Waals surface area contributed by atoms with Crippen LogP contribution in [0.4, 0.5) is 0 Å². The average Bonchev–Trinajstić information content (AvgIpc) is 3.34. The Morgan fingerprint density at radius 3 is 2.06 bits per heavy atom. The van der Waals surface area contributed by atoms with Crippen LogP contribution in [0.2, 0.25) is 0 Å². The van der Waals surface area contributed by atoms with E-state index in [1.165, 1.54) is 54.6 Å². The molecule has 6 rings (SSSR count). The molecule has 2 aliphatic heterocycles. The number of hydrogen-bond donors (Lipinski definition) is 6. The van der Waals surface area contributed by atoms with Crippen molar-refractivity contribution in [1.82, 2.24) is 10.6 Å². The van der Waals surface area contributed by atoms with Crippen molar-refractivity contribution in [2.75, 3.05) is 6.54 Å². The number of carbonyl (C=O) groups is 4. The number of rotatable bonds is 10. The van der Waals surface area contributed by atoms with Crippen LogP contribution in [0.25, 0.3) is 6.08 Å². The molecule has 0 radical (unpaired) electrons. The van der Waals surface area contributed by atoms with Crippen molar-refractivity contribution in [3.63, 3.8) is 0 Å². The second-order valence-corrected chi connectivity index (χ2v) is 11.4. The number of phenols is 3. The van der Waals surface area contributed by atoms with Crippen molar-refractivity contribution in [1.29, 1.82) is 0 Å². The number of carbonyl (C=O) groups excluding carboxylic acids is 3. The van der Waals surface area contributed by atoms with E-state index in [1.807, 2.05) is 0 Å². The molecule has 0 aromatic heterocycles. The third kappa shape index (κ3) is 6.10. The number of benzene rings is 4. The Hall–Kier alpha value is -6.30. The number of aromatic hydroxyl groups is 3. The highest BCUT2D eigenvalue weighted by atomic mass is 16.6. The van der Waals surface area contributed by atoms with E-state index in [1.54, 1.807) is 36.4 Å². The summed E-state index contributed by atoms with van der Waals surface area (Å²) >= 11 is 0. The molecule has 0 bridgehead atoms. The predicted octanol–water partition coefficient (Wildman–Crippen LogP) is 4.55. The van der Waals surface area contributed by atoms with Crippen LogP contribution in [0.1, 0.15) is 62.2 Å². The number of nitrogens with one attached hydrogen (secondary N) is 2. The lowest BCUT2D eigenvalue weighted by molar-refractivity contribution is -0.141. The van der Waals surface area contributed by atoms with Gasteiger partial charge in [-0.15, -0.1) is 0 Å². The molecule has 4 aromatic carbocycles. The fourth-order valence-corrected chi connectivity index (χ4v) is 5.86. The van der Waals surface area contributed by atoms with Crippen LogP contribution in [-0.2, 0) is 19.9 Å². The lowest BCUT2D eigenvalue weighted by Crippen LogP contribution is -2.40. The van der Waals surface area contributed by atoms with Crippen molar-refractivity contribution < 1.29 is 49.1 Å². The number of carboxylic acid groups (broad SMARTS) is 1. The second-order valence-electron chi connectivity index (χ2n) is 11.4. The maximum Gasteiger partial charge on any atom is 0.340 e. The highest BCUT2D eigenvalue weighted by molar-refractivity contribution is 6.01. The highest BCUT2D eigenvalue weighted by Gasteiger charge is 2.53. The molecule has 6 N–H and O–H groups in total. The van der Waals surface area contributed by atoms with Crippen molar-refractivity contribution in [2.24, 2.45) is 0 Å². The molecule has 2 aliphatic rings. The number of carboxylic acids is 1. The number of phenolic OH excluding ortho intramolecular Hbond substituents is 3. The van der Waals surface area contributed by atoms with Gasteiger partial charge in [0, 0.05) is 47.0 Å². The van der Waals surface area contributed by atoms with Gasteiger partial charge < -0.3 is 40.5 Å². The predicted molar refractivity (Wildman–Crippen MR) is 171 cm³/mol. The molecule has 48 heavy (non-hydrogen) atoms. The first-order valence-electron chi connectivity index (χ1n) is 15.1. The molecule has 1 unspecified atom stereocenters. The minimum Gasteiger partial charge on any atom is -0.508 e. The molecule has 0 saturated carbocycles. The number of amides is 2. The Balaban J connectivity index is 1.09. The minimum atomic E-state index is -1.44. The van der Waals surface area contributed by atoms with Gasteiger partial charge in [-0.2, -0.15) is 0 Å². The van der Waals surface area contributed by atoms with Gasteiger partial charge in [-0.25, -0.2) is 9.59 Å². The lowest BCUT2D eigenvalue weighted by atomic mass is 9.77. The van der Waals surface area contributed by atoms with Gasteiger partial charge in [-0.05, 0) is 79.4 Å². The minimum absolute atomic E-state index is 0.0635. The van der Waals surface area contributed by atoms with Gasteiger partial charge in [-0.1, -0.05) is 18.2 Å². The smallest absolute Gasteiger partial charge is 0.340 e. The van der Waals surface area contributed by atoms with Gasteiger partial charge in [0.15, 0.2) is 5.60 Å². The third-order valence-corrected chi connectivity index (χ3v) is 8.18. The van der Waals surface area contributed by atoms with Crippen LogP contribution in [0, 0.1) is 0 Å². The summed E-state index contributed by atoms with van der Waals surface area (Å²) in [5.74, 6) is -2.44. The van der Waals surface area contributed by atoms with Crippen LogP contribution in [-0.4, -0.2) is 56.8 Å². The maximum atomic E-state index is 13.3. The number of hydrogen-bond acceptors (Lipinski definition) is 9. The average molecular weight is 651 g/mol. The molecule has 0 saturated heterocycles. The van der Waals surface area contributed by atoms with E-state index in [2.05, 4.69) is 10.6 Å². The molecule has 2 heterocycles. The highest BCUT2D eigenvalue weighted by Crippen LogP contribution is 2.57. The van der Waals surface area contributed by atoms with Gasteiger partial charge >= 0.3 is 11.9 Å². The molecular weight excluding hydrogens is 620 g/mol. The van der Waals surface area contributed by atoms with Crippen molar-refractivity contribution >= 4 is 29.8 Å². The van der Waals surface area contributed by atoms with E-state index in [9.17, 15) is 39.6 Å². The van der Waals surface area contributed by atoms with Gasteiger partial charge in [0.1, 0.15) is 34.8 Å². The Bertz CT molecular complexity index is 1920. The van der Waals surface area contributed by atoms with Crippen molar-refractivity contribution in [3.05, 3.63) is 118 Å².